The minimum absolute atomic E-state index is 0.469. The van der Waals surface area contributed by atoms with E-state index in [4.69, 9.17) is 22.1 Å². The quantitative estimate of drug-likeness (QED) is 0.846. The number of nitrogens with zero attached hydrogens (tertiary/aromatic N) is 1. The molecule has 2 rings (SSSR count). The number of anilines is 1. The third-order valence-electron chi connectivity index (χ3n) is 2.22. The minimum Gasteiger partial charge on any atom is -0.439 e. The van der Waals surface area contributed by atoms with E-state index in [1.807, 2.05) is 13.0 Å². The average Bonchev–Trinajstić information content (AvgIpc) is 2.29. The molecule has 0 unspecified atom stereocenters. The summed E-state index contributed by atoms with van der Waals surface area (Å²) in [6.45, 7) is 1.97. The molecule has 3 nitrogen and oxygen atoms in total. The highest BCUT2D eigenvalue weighted by molar-refractivity contribution is 9.10. The van der Waals surface area contributed by atoms with Crippen LogP contribution in [0.4, 0.5) is 5.69 Å². The molecule has 0 amide bonds. The van der Waals surface area contributed by atoms with Gasteiger partial charge >= 0.3 is 0 Å². The molecule has 2 N–H and O–H groups in total. The van der Waals surface area contributed by atoms with Gasteiger partial charge in [0, 0.05) is 22.8 Å². The lowest BCUT2D eigenvalue weighted by molar-refractivity contribution is 0.462. The summed E-state index contributed by atoms with van der Waals surface area (Å²) in [5.74, 6) is 1.13. The van der Waals surface area contributed by atoms with Crippen molar-refractivity contribution in [2.75, 3.05) is 5.73 Å². The summed E-state index contributed by atoms with van der Waals surface area (Å²) in [6.07, 6.45) is 1.70. The Morgan fingerprint density at radius 2 is 2.12 bits per heavy atom. The highest BCUT2D eigenvalue weighted by Gasteiger charge is 2.03. The maximum Gasteiger partial charge on any atom is 0.219 e. The zero-order valence-electron chi connectivity index (χ0n) is 9.08. The van der Waals surface area contributed by atoms with E-state index in [0.717, 1.165) is 10.0 Å². The summed E-state index contributed by atoms with van der Waals surface area (Å²) in [6, 6.07) is 6.95. The number of rotatable bonds is 2. The maximum atomic E-state index is 5.90. The molecule has 17 heavy (non-hydrogen) atoms. The Balaban J connectivity index is 2.25. The molecular weight excluding hydrogens is 304 g/mol. The Bertz CT molecular complexity index is 511. The number of aromatic nitrogens is 1. The van der Waals surface area contributed by atoms with Gasteiger partial charge in [0.25, 0.3) is 0 Å². The van der Waals surface area contributed by atoms with Crippen molar-refractivity contribution in [2.45, 2.75) is 6.92 Å². The summed E-state index contributed by atoms with van der Waals surface area (Å²) in [5.41, 5.74) is 7.20. The molecular formula is C12H10BrClN2O. The summed E-state index contributed by atoms with van der Waals surface area (Å²) in [5, 5.41) is 0.469. The number of hydrogen-bond donors (Lipinski definition) is 1. The first-order valence-electron chi connectivity index (χ1n) is 4.91. The predicted octanol–water partition coefficient (Wildman–Crippen LogP) is 4.18. The molecule has 0 atom stereocenters. The van der Waals surface area contributed by atoms with Crippen molar-refractivity contribution in [1.29, 1.82) is 0 Å². The predicted molar refractivity (Wildman–Crippen MR) is 72.6 cm³/mol. The van der Waals surface area contributed by atoms with Crippen LogP contribution in [-0.4, -0.2) is 4.98 Å². The Morgan fingerprint density at radius 1 is 1.35 bits per heavy atom. The Kier molecular flexibility index (Phi) is 3.54. The third-order valence-corrected chi connectivity index (χ3v) is 3.37. The van der Waals surface area contributed by atoms with Gasteiger partial charge in [-0.3, -0.25) is 0 Å². The van der Waals surface area contributed by atoms with Crippen molar-refractivity contribution < 1.29 is 4.74 Å². The molecule has 2 aromatic rings. The highest BCUT2D eigenvalue weighted by Crippen LogP contribution is 2.28. The lowest BCUT2D eigenvalue weighted by Crippen LogP contribution is -1.91. The van der Waals surface area contributed by atoms with Gasteiger partial charge in [-0.25, -0.2) is 4.98 Å². The standard InChI is InChI=1S/C12H10BrClN2O/c1-7-4-12(16-6-9(7)13)17-8-2-3-11(15)10(14)5-8/h2-6H,15H2,1H3. The number of hydrogen-bond acceptors (Lipinski definition) is 3. The number of nitrogen functional groups attached to an aromatic ring is 1. The molecule has 1 aromatic heterocycles. The number of aryl methyl sites for hydroxylation is 1. The molecule has 0 bridgehead atoms. The fraction of sp³-hybridized carbons (Fsp3) is 0.0833. The topological polar surface area (TPSA) is 48.1 Å². The highest BCUT2D eigenvalue weighted by atomic mass is 79.9. The van der Waals surface area contributed by atoms with Gasteiger partial charge in [-0.15, -0.1) is 0 Å². The lowest BCUT2D eigenvalue weighted by atomic mass is 10.3. The molecule has 0 spiro atoms. The van der Waals surface area contributed by atoms with E-state index < -0.39 is 0 Å². The molecule has 0 fully saturated rings. The normalized spacial score (nSPS) is 10.3. The smallest absolute Gasteiger partial charge is 0.219 e. The van der Waals surface area contributed by atoms with Crippen LogP contribution >= 0.6 is 27.5 Å². The molecule has 0 aliphatic rings. The SMILES string of the molecule is Cc1cc(Oc2ccc(N)c(Cl)c2)ncc1Br. The summed E-state index contributed by atoms with van der Waals surface area (Å²) >= 11 is 9.28. The van der Waals surface area contributed by atoms with E-state index in [-0.39, 0.29) is 0 Å². The van der Waals surface area contributed by atoms with Gasteiger partial charge in [0.2, 0.25) is 5.88 Å². The Labute approximate surface area is 113 Å². The second-order valence-electron chi connectivity index (χ2n) is 3.56. The number of halogens is 2. The second kappa shape index (κ2) is 4.94. The second-order valence-corrected chi connectivity index (χ2v) is 4.82. The summed E-state index contributed by atoms with van der Waals surface area (Å²) in [7, 11) is 0. The van der Waals surface area contributed by atoms with E-state index in [9.17, 15) is 0 Å². The Morgan fingerprint density at radius 3 is 2.76 bits per heavy atom. The van der Waals surface area contributed by atoms with E-state index in [0.29, 0.717) is 22.3 Å². The molecule has 0 aliphatic carbocycles. The first kappa shape index (κ1) is 12.2. The van der Waals surface area contributed by atoms with Crippen molar-refractivity contribution in [2.24, 2.45) is 0 Å². The first-order chi connectivity index (χ1) is 8.06. The number of pyridine rings is 1. The Hall–Kier alpha value is -1.26. The van der Waals surface area contributed by atoms with Gasteiger partial charge in [-0.2, -0.15) is 0 Å². The fourth-order valence-corrected chi connectivity index (χ4v) is 1.65. The molecule has 1 aromatic carbocycles. The molecule has 5 heteroatoms. The molecule has 0 saturated heterocycles. The van der Waals surface area contributed by atoms with E-state index in [1.54, 1.807) is 24.4 Å². The van der Waals surface area contributed by atoms with E-state index in [1.165, 1.54) is 0 Å². The van der Waals surface area contributed by atoms with Crippen LogP contribution in [0.25, 0.3) is 0 Å². The molecule has 0 radical (unpaired) electrons. The van der Waals surface area contributed by atoms with Crippen LogP contribution in [0, 0.1) is 6.92 Å². The van der Waals surface area contributed by atoms with Gasteiger partial charge < -0.3 is 10.5 Å². The number of nitrogens with two attached hydrogens (primary N) is 1. The van der Waals surface area contributed by atoms with Crippen molar-refractivity contribution in [1.82, 2.24) is 4.98 Å². The maximum absolute atomic E-state index is 5.90. The van der Waals surface area contributed by atoms with Gasteiger partial charge in [0.15, 0.2) is 0 Å². The van der Waals surface area contributed by atoms with Crippen LogP contribution in [0.3, 0.4) is 0 Å². The first-order valence-corrected chi connectivity index (χ1v) is 6.08. The van der Waals surface area contributed by atoms with Crippen LogP contribution < -0.4 is 10.5 Å². The number of benzene rings is 1. The van der Waals surface area contributed by atoms with Crippen molar-refractivity contribution >= 4 is 33.2 Å². The van der Waals surface area contributed by atoms with Gasteiger partial charge in [0.05, 0.1) is 10.7 Å². The lowest BCUT2D eigenvalue weighted by Gasteiger charge is -2.07. The third kappa shape index (κ3) is 2.90. The zero-order chi connectivity index (χ0) is 12.4. The van der Waals surface area contributed by atoms with Crippen molar-refractivity contribution in [3.8, 4) is 11.6 Å². The molecule has 1 heterocycles. The largest absolute Gasteiger partial charge is 0.439 e. The van der Waals surface area contributed by atoms with E-state index >= 15 is 0 Å². The summed E-state index contributed by atoms with van der Waals surface area (Å²) < 4.78 is 6.52. The zero-order valence-corrected chi connectivity index (χ0v) is 11.4. The van der Waals surface area contributed by atoms with Crippen LogP contribution in [0.5, 0.6) is 11.6 Å². The van der Waals surface area contributed by atoms with Gasteiger partial charge in [-0.05, 0) is 40.5 Å². The molecule has 88 valence electrons. The van der Waals surface area contributed by atoms with Crippen LogP contribution in [0.1, 0.15) is 5.56 Å². The minimum atomic E-state index is 0.469. The van der Waals surface area contributed by atoms with E-state index in [2.05, 4.69) is 20.9 Å². The van der Waals surface area contributed by atoms with Gasteiger partial charge in [-0.1, -0.05) is 11.6 Å². The van der Waals surface area contributed by atoms with Crippen LogP contribution in [0.15, 0.2) is 34.9 Å². The summed E-state index contributed by atoms with van der Waals surface area (Å²) in [4.78, 5) is 4.14. The van der Waals surface area contributed by atoms with Gasteiger partial charge in [0.1, 0.15) is 5.75 Å². The molecule has 0 saturated carbocycles. The fourth-order valence-electron chi connectivity index (χ4n) is 1.26. The van der Waals surface area contributed by atoms with Crippen molar-refractivity contribution in [3.05, 3.63) is 45.5 Å². The van der Waals surface area contributed by atoms with Crippen LogP contribution in [0.2, 0.25) is 5.02 Å². The monoisotopic (exact) mass is 312 g/mol. The molecule has 0 aliphatic heterocycles. The van der Waals surface area contributed by atoms with Crippen molar-refractivity contribution in [3.63, 3.8) is 0 Å². The number of ether oxygens (including phenoxy) is 1. The van der Waals surface area contributed by atoms with Crippen LogP contribution in [-0.2, 0) is 0 Å². The average molecular weight is 314 g/mol.